The largest absolute Gasteiger partial charge is 0.522 e. The summed E-state index contributed by atoms with van der Waals surface area (Å²) in [5, 5.41) is 0. The van der Waals surface area contributed by atoms with E-state index < -0.39 is 31.3 Å². The lowest BCUT2D eigenvalue weighted by Crippen LogP contribution is -2.23. The topological polar surface area (TPSA) is 118 Å². The number of unbranched alkanes of at least 4 members (excludes halogenated alkanes) is 1. The molecule has 0 fully saturated rings. The molecule has 1 aromatic rings. The summed E-state index contributed by atoms with van der Waals surface area (Å²) in [4.78, 5) is 0. The highest BCUT2D eigenvalue weighted by molar-refractivity contribution is 7.86. The maximum absolute atomic E-state index is 10.7. The number of hydrogen-bond acceptors (Lipinski definition) is 4. The predicted octanol–water partition coefficient (Wildman–Crippen LogP) is 1.90. The van der Waals surface area contributed by atoms with E-state index in [9.17, 15) is 26.3 Å². The van der Waals surface area contributed by atoms with Gasteiger partial charge in [-0.2, -0.15) is 43.2 Å². The van der Waals surface area contributed by atoms with Gasteiger partial charge in [-0.3, -0.25) is 9.11 Å². The second-order valence-electron chi connectivity index (χ2n) is 4.51. The summed E-state index contributed by atoms with van der Waals surface area (Å²) in [6, 6.07) is 0. The van der Waals surface area contributed by atoms with Crippen molar-refractivity contribution in [2.24, 2.45) is 7.05 Å². The van der Waals surface area contributed by atoms with Crippen LogP contribution in [0.25, 0.3) is 0 Å². The first-order valence-corrected chi connectivity index (χ1v) is 9.29. The summed E-state index contributed by atoms with van der Waals surface area (Å²) < 4.78 is 119. The smallest absolute Gasteiger partial charge is 0.279 e. The van der Waals surface area contributed by atoms with Crippen molar-refractivity contribution in [1.29, 1.82) is 0 Å². The minimum Gasteiger partial charge on any atom is -0.279 e. The molecule has 0 aliphatic carbocycles. The Bertz CT molecular complexity index is 697. The van der Waals surface area contributed by atoms with Gasteiger partial charge in [-0.05, 0) is 6.42 Å². The molecule has 0 saturated carbocycles. The second kappa shape index (κ2) is 10.1. The number of aryl methyl sites for hydroxylation is 2. The molecule has 1 rings (SSSR count). The quantitative estimate of drug-likeness (QED) is 0.322. The van der Waals surface area contributed by atoms with Crippen LogP contribution in [0, 0.1) is 0 Å². The van der Waals surface area contributed by atoms with Crippen molar-refractivity contribution in [2.45, 2.75) is 37.3 Å². The van der Waals surface area contributed by atoms with Crippen LogP contribution in [0.3, 0.4) is 0 Å². The molecule has 0 radical (unpaired) electrons. The standard InChI is InChI=1S/C8H15N2.2CHF3O3S/c1-3-4-5-10-7-6-9(2)8-10;2*2-1(3,4)8(5,6)7/h6-8H,3-5H2,1-2H3;2*(H,5,6,7)/q+1;;. The van der Waals surface area contributed by atoms with Gasteiger partial charge in [-0.25, -0.2) is 9.13 Å². The summed E-state index contributed by atoms with van der Waals surface area (Å²) in [5.74, 6) is 0. The Balaban J connectivity index is 0. The molecule has 0 bridgehead atoms. The maximum Gasteiger partial charge on any atom is 0.522 e. The van der Waals surface area contributed by atoms with Crippen molar-refractivity contribution in [3.8, 4) is 0 Å². The van der Waals surface area contributed by atoms with E-state index in [0.717, 1.165) is 6.54 Å². The fraction of sp³-hybridized carbons (Fsp3) is 0.700. The first kappa shape index (κ1) is 26.8. The molecule has 1 aromatic heterocycles. The van der Waals surface area contributed by atoms with Crippen LogP contribution in [0.1, 0.15) is 19.8 Å². The number of alkyl halides is 6. The molecular formula is C10H17F6N2O6S2+. The van der Waals surface area contributed by atoms with E-state index >= 15 is 0 Å². The molecular weight excluding hydrogens is 422 g/mol. The average molecular weight is 439 g/mol. The van der Waals surface area contributed by atoms with E-state index in [0.29, 0.717) is 0 Å². The summed E-state index contributed by atoms with van der Waals surface area (Å²) in [5.41, 5.74) is -11.1. The Kier molecular flexibility index (Phi) is 10.4. The molecule has 0 aliphatic rings. The van der Waals surface area contributed by atoms with Crippen molar-refractivity contribution in [1.82, 2.24) is 4.57 Å². The van der Waals surface area contributed by atoms with Crippen molar-refractivity contribution in [3.05, 3.63) is 18.7 Å². The van der Waals surface area contributed by atoms with E-state index in [1.54, 1.807) is 0 Å². The van der Waals surface area contributed by atoms with Crippen molar-refractivity contribution in [2.75, 3.05) is 0 Å². The summed E-state index contributed by atoms with van der Waals surface area (Å²) >= 11 is 0. The van der Waals surface area contributed by atoms with Gasteiger partial charge in [0.05, 0.1) is 13.6 Å². The van der Waals surface area contributed by atoms with Crippen molar-refractivity contribution >= 4 is 20.2 Å². The summed E-state index contributed by atoms with van der Waals surface area (Å²) in [6.07, 6.45) is 8.82. The number of nitrogens with zero attached hydrogens (tertiary/aromatic N) is 2. The lowest BCUT2D eigenvalue weighted by molar-refractivity contribution is -0.671. The van der Waals surface area contributed by atoms with Gasteiger partial charge in [0.25, 0.3) is 0 Å². The molecule has 0 unspecified atom stereocenters. The molecule has 0 saturated heterocycles. The highest BCUT2D eigenvalue weighted by atomic mass is 32.2. The van der Waals surface area contributed by atoms with E-state index in [1.807, 2.05) is 7.05 Å². The number of aromatic nitrogens is 2. The number of imidazole rings is 1. The van der Waals surface area contributed by atoms with E-state index in [1.165, 1.54) is 12.8 Å². The van der Waals surface area contributed by atoms with Crippen LogP contribution >= 0.6 is 0 Å². The Morgan fingerprint density at radius 2 is 1.31 bits per heavy atom. The molecule has 8 nitrogen and oxygen atoms in total. The molecule has 16 heteroatoms. The van der Waals surface area contributed by atoms with Crippen LogP contribution in [-0.2, 0) is 33.8 Å². The molecule has 0 spiro atoms. The van der Waals surface area contributed by atoms with Gasteiger partial charge < -0.3 is 0 Å². The SMILES string of the molecule is CCCCn1cc[n+](C)c1.O=S(=O)(O)C(F)(F)F.O=S(=O)(O)C(F)(F)F. The Hall–Kier alpha value is -1.39. The van der Waals surface area contributed by atoms with Gasteiger partial charge in [0, 0.05) is 0 Å². The predicted molar refractivity (Wildman–Crippen MR) is 75.7 cm³/mol. The van der Waals surface area contributed by atoms with Crippen LogP contribution < -0.4 is 4.57 Å². The van der Waals surface area contributed by atoms with Gasteiger partial charge in [0.2, 0.25) is 6.33 Å². The van der Waals surface area contributed by atoms with Crippen LogP contribution in [0.5, 0.6) is 0 Å². The van der Waals surface area contributed by atoms with Gasteiger partial charge >= 0.3 is 31.3 Å². The second-order valence-corrected chi connectivity index (χ2v) is 7.34. The first-order valence-electron chi connectivity index (χ1n) is 6.41. The Morgan fingerprint density at radius 1 is 0.962 bits per heavy atom. The number of halogens is 6. The van der Waals surface area contributed by atoms with Gasteiger partial charge in [-0.15, -0.1) is 0 Å². The molecule has 26 heavy (non-hydrogen) atoms. The van der Waals surface area contributed by atoms with E-state index in [2.05, 4.69) is 34.8 Å². The minimum atomic E-state index is -5.84. The lowest BCUT2D eigenvalue weighted by atomic mass is 10.3. The molecule has 0 aromatic carbocycles. The highest BCUT2D eigenvalue weighted by Gasteiger charge is 2.45. The van der Waals surface area contributed by atoms with Gasteiger partial charge in [0.1, 0.15) is 12.4 Å². The summed E-state index contributed by atoms with van der Waals surface area (Å²) in [7, 11) is -9.64. The molecule has 0 amide bonds. The zero-order chi connectivity index (χ0) is 21.4. The molecule has 0 atom stereocenters. The Morgan fingerprint density at radius 3 is 1.50 bits per heavy atom. The highest BCUT2D eigenvalue weighted by Crippen LogP contribution is 2.21. The molecule has 0 aliphatic heterocycles. The third-order valence-corrected chi connectivity index (χ3v) is 3.35. The third kappa shape index (κ3) is 12.0. The van der Waals surface area contributed by atoms with Crippen LogP contribution in [0.2, 0.25) is 0 Å². The Labute approximate surface area is 145 Å². The zero-order valence-corrected chi connectivity index (χ0v) is 15.0. The van der Waals surface area contributed by atoms with Crippen LogP contribution in [0.4, 0.5) is 26.3 Å². The lowest BCUT2D eigenvalue weighted by Gasteiger charge is -1.97. The normalized spacial score (nSPS) is 12.5. The minimum absolute atomic E-state index is 1.15. The number of hydrogen-bond donors (Lipinski definition) is 2. The fourth-order valence-corrected chi connectivity index (χ4v) is 0.975. The summed E-state index contributed by atoms with van der Waals surface area (Å²) in [6.45, 7) is 3.36. The maximum atomic E-state index is 10.7. The van der Waals surface area contributed by atoms with E-state index in [-0.39, 0.29) is 0 Å². The average Bonchev–Trinajstić information content (AvgIpc) is 2.79. The van der Waals surface area contributed by atoms with Crippen molar-refractivity contribution < 1.29 is 56.9 Å². The van der Waals surface area contributed by atoms with Gasteiger partial charge in [0.15, 0.2) is 0 Å². The molecule has 1 heterocycles. The van der Waals surface area contributed by atoms with Gasteiger partial charge in [-0.1, -0.05) is 13.3 Å². The first-order chi connectivity index (χ1) is 11.3. The fourth-order valence-electron chi connectivity index (χ4n) is 0.975. The monoisotopic (exact) mass is 439 g/mol. The van der Waals surface area contributed by atoms with Crippen molar-refractivity contribution in [3.63, 3.8) is 0 Å². The van der Waals surface area contributed by atoms with Crippen LogP contribution in [-0.4, -0.2) is 41.5 Å². The zero-order valence-electron chi connectivity index (χ0n) is 13.4. The molecule has 2 N–H and O–H groups in total. The third-order valence-electron chi connectivity index (χ3n) is 2.18. The van der Waals surface area contributed by atoms with E-state index in [4.69, 9.17) is 25.9 Å². The van der Waals surface area contributed by atoms with Crippen LogP contribution in [0.15, 0.2) is 18.7 Å². The number of rotatable bonds is 3. The molecule has 156 valence electrons.